The van der Waals surface area contributed by atoms with Gasteiger partial charge in [-0.05, 0) is 35.9 Å². The van der Waals surface area contributed by atoms with Gasteiger partial charge in [0.15, 0.2) is 25.1 Å². The molecule has 6 rings (SSSR count). The molecule has 4 heterocycles. The van der Waals surface area contributed by atoms with Crippen molar-refractivity contribution in [3.63, 3.8) is 0 Å². The molecule has 0 N–H and O–H groups in total. The molecule has 0 amide bonds. The molecule has 1 saturated heterocycles. The van der Waals surface area contributed by atoms with Gasteiger partial charge in [0, 0.05) is 47.1 Å². The summed E-state index contributed by atoms with van der Waals surface area (Å²) >= 11 is 8.39. The van der Waals surface area contributed by atoms with Crippen molar-refractivity contribution in [1.29, 1.82) is 0 Å². The predicted molar refractivity (Wildman–Crippen MR) is 164 cm³/mol. The fourth-order valence-corrected chi connectivity index (χ4v) is 7.10. The number of aromatic nitrogens is 2. The van der Waals surface area contributed by atoms with Crippen LogP contribution in [0.2, 0.25) is 5.02 Å². The number of anilines is 1. The van der Waals surface area contributed by atoms with Crippen molar-refractivity contribution in [1.82, 2.24) is 0 Å². The van der Waals surface area contributed by atoms with Crippen LogP contribution in [0.25, 0.3) is 17.0 Å². The second kappa shape index (κ2) is 12.3. The third kappa shape index (κ3) is 6.21. The molecule has 0 radical (unpaired) electrons. The van der Waals surface area contributed by atoms with Crippen molar-refractivity contribution in [2.75, 3.05) is 51.3 Å². The van der Waals surface area contributed by atoms with E-state index in [9.17, 15) is 0 Å². The summed E-state index contributed by atoms with van der Waals surface area (Å²) in [5, 5.41) is 3.29. The summed E-state index contributed by atoms with van der Waals surface area (Å²) < 4.78 is 11.3. The van der Waals surface area contributed by atoms with E-state index in [4.69, 9.17) is 16.3 Å². The number of ether oxygens (including phenoxy) is 1. The number of pyridine rings is 2. The molecule has 0 bridgehead atoms. The number of quaternary nitrogens is 1. The zero-order valence-electron chi connectivity index (χ0n) is 23.2. The van der Waals surface area contributed by atoms with Gasteiger partial charge in [0.05, 0.1) is 49.3 Å². The van der Waals surface area contributed by atoms with Gasteiger partial charge in [-0.25, -0.2) is 4.57 Å². The lowest BCUT2D eigenvalue weighted by atomic mass is 10.1. The molecule has 0 saturated carbocycles. The fourth-order valence-electron chi connectivity index (χ4n) is 5.80. The number of hydrogen-bond donors (Lipinski definition) is 0. The summed E-state index contributed by atoms with van der Waals surface area (Å²) in [6.07, 6.45) is 11.1. The SMILES string of the molecule is C[N+]1(CCC[n+]2ccc(/C=C3\Sc4ccccc4N3CCC[n+]3ccccc3)c3ccc(Cl)cc32)CCOCC1. The first kappa shape index (κ1) is 27.3. The van der Waals surface area contributed by atoms with E-state index in [1.165, 1.54) is 32.1 Å². The molecule has 2 aliphatic heterocycles. The Labute approximate surface area is 246 Å². The van der Waals surface area contributed by atoms with Crippen LogP contribution in [0.1, 0.15) is 18.4 Å². The third-order valence-electron chi connectivity index (χ3n) is 8.15. The van der Waals surface area contributed by atoms with Gasteiger partial charge in [-0.15, -0.1) is 0 Å². The number of benzene rings is 2. The minimum atomic E-state index is 0.779. The van der Waals surface area contributed by atoms with E-state index in [2.05, 4.69) is 106 Å². The van der Waals surface area contributed by atoms with Gasteiger partial charge in [-0.1, -0.05) is 41.6 Å². The standard InChI is InChI=1S/C33H38ClN4OS/c1-38(21-23-39-24-22-38)20-8-17-36-19-13-27(29-12-11-28(34)26-31(29)36)25-33-37(30-9-3-4-10-32(30)40-33)18-7-16-35-14-5-2-6-15-35/h2-6,9-15,19,25-26H,7-8,16-18,20-24H2,1H3/q+3. The van der Waals surface area contributed by atoms with Crippen molar-refractivity contribution in [3.8, 4) is 0 Å². The van der Waals surface area contributed by atoms with Crippen molar-refractivity contribution >= 4 is 46.0 Å². The van der Waals surface area contributed by atoms with E-state index in [1.54, 1.807) is 0 Å². The first-order valence-electron chi connectivity index (χ1n) is 14.3. The molecular weight excluding hydrogens is 536 g/mol. The smallest absolute Gasteiger partial charge is 0.214 e. The molecule has 5 nitrogen and oxygen atoms in total. The molecular formula is C33H38ClN4OS+3. The molecule has 7 heteroatoms. The fraction of sp³-hybridized carbons (Fsp3) is 0.333. The summed E-state index contributed by atoms with van der Waals surface area (Å²) in [4.78, 5) is 3.80. The molecule has 0 aliphatic carbocycles. The Bertz CT molecular complexity index is 1500. The molecule has 0 spiro atoms. The summed E-state index contributed by atoms with van der Waals surface area (Å²) in [5.74, 6) is 0. The normalized spacial score (nSPS) is 17.4. The highest BCUT2D eigenvalue weighted by atomic mass is 35.5. The molecule has 2 aromatic heterocycles. The van der Waals surface area contributed by atoms with Crippen LogP contribution in [0.5, 0.6) is 0 Å². The maximum atomic E-state index is 6.52. The highest BCUT2D eigenvalue weighted by molar-refractivity contribution is 8.03. The first-order chi connectivity index (χ1) is 19.6. The molecule has 2 aliphatic rings. The number of thioether (sulfide) groups is 1. The summed E-state index contributed by atoms with van der Waals surface area (Å²) in [6, 6.07) is 23.6. The van der Waals surface area contributed by atoms with E-state index in [0.717, 1.165) is 74.8 Å². The van der Waals surface area contributed by atoms with Crippen LogP contribution in [0.15, 0.2) is 95.2 Å². The molecule has 2 aromatic carbocycles. The second-order valence-electron chi connectivity index (χ2n) is 11.1. The Balaban J connectivity index is 1.25. The van der Waals surface area contributed by atoms with Gasteiger partial charge < -0.3 is 14.1 Å². The minimum absolute atomic E-state index is 0.779. The lowest BCUT2D eigenvalue weighted by molar-refractivity contribution is -0.918. The largest absolute Gasteiger partial charge is 0.370 e. The number of para-hydroxylation sites is 1. The second-order valence-corrected chi connectivity index (χ2v) is 12.6. The van der Waals surface area contributed by atoms with Gasteiger partial charge in [0.2, 0.25) is 5.52 Å². The number of likely N-dealkylation sites (N-methyl/N-ethyl adjacent to an activating group) is 1. The Kier molecular flexibility index (Phi) is 8.40. The van der Waals surface area contributed by atoms with Gasteiger partial charge in [0.25, 0.3) is 0 Å². The van der Waals surface area contributed by atoms with Crippen LogP contribution < -0.4 is 14.0 Å². The number of fused-ring (bicyclic) bond motifs is 2. The quantitative estimate of drug-likeness (QED) is 0.183. The number of morpholine rings is 1. The zero-order valence-corrected chi connectivity index (χ0v) is 24.8. The number of hydrogen-bond acceptors (Lipinski definition) is 3. The van der Waals surface area contributed by atoms with Crippen LogP contribution in [-0.4, -0.2) is 50.9 Å². The van der Waals surface area contributed by atoms with Crippen LogP contribution in [0.3, 0.4) is 0 Å². The molecule has 40 heavy (non-hydrogen) atoms. The van der Waals surface area contributed by atoms with Crippen LogP contribution in [-0.2, 0) is 17.8 Å². The number of rotatable bonds is 9. The van der Waals surface area contributed by atoms with E-state index >= 15 is 0 Å². The average molecular weight is 574 g/mol. The summed E-state index contributed by atoms with van der Waals surface area (Å²) in [5.41, 5.74) is 3.72. The van der Waals surface area contributed by atoms with Gasteiger partial charge in [-0.3, -0.25) is 0 Å². The van der Waals surface area contributed by atoms with Crippen molar-refractivity contribution < 1.29 is 18.4 Å². The van der Waals surface area contributed by atoms with Crippen molar-refractivity contribution in [2.24, 2.45) is 0 Å². The lowest BCUT2D eigenvalue weighted by Gasteiger charge is -2.37. The Hall–Kier alpha value is -2.90. The molecule has 0 unspecified atom stereocenters. The lowest BCUT2D eigenvalue weighted by Crippen LogP contribution is -2.53. The molecule has 206 valence electrons. The molecule has 0 atom stereocenters. The number of aryl methyl sites for hydroxylation is 2. The predicted octanol–water partition coefficient (Wildman–Crippen LogP) is 5.94. The highest BCUT2D eigenvalue weighted by Gasteiger charge is 2.27. The van der Waals surface area contributed by atoms with E-state index < -0.39 is 0 Å². The Morgan fingerprint density at radius 3 is 2.62 bits per heavy atom. The van der Waals surface area contributed by atoms with Gasteiger partial charge in [-0.2, -0.15) is 4.57 Å². The maximum Gasteiger partial charge on any atom is 0.214 e. The Morgan fingerprint density at radius 1 is 0.950 bits per heavy atom. The van der Waals surface area contributed by atoms with E-state index in [-0.39, 0.29) is 0 Å². The van der Waals surface area contributed by atoms with Crippen LogP contribution in [0.4, 0.5) is 5.69 Å². The average Bonchev–Trinajstić information content (AvgIpc) is 3.32. The van der Waals surface area contributed by atoms with Gasteiger partial charge in [0.1, 0.15) is 19.6 Å². The molecule has 4 aromatic rings. The van der Waals surface area contributed by atoms with E-state index in [0.29, 0.717) is 0 Å². The third-order valence-corrected chi connectivity index (χ3v) is 9.50. The molecule has 1 fully saturated rings. The maximum absolute atomic E-state index is 6.52. The summed E-state index contributed by atoms with van der Waals surface area (Å²) in [7, 11) is 2.36. The summed E-state index contributed by atoms with van der Waals surface area (Å²) in [6.45, 7) is 8.05. The highest BCUT2D eigenvalue weighted by Crippen LogP contribution is 2.46. The number of halogens is 1. The van der Waals surface area contributed by atoms with Crippen molar-refractivity contribution in [2.45, 2.75) is 30.8 Å². The minimum Gasteiger partial charge on any atom is -0.370 e. The number of nitrogens with zero attached hydrogens (tertiary/aromatic N) is 4. The van der Waals surface area contributed by atoms with Crippen LogP contribution >= 0.6 is 23.4 Å². The first-order valence-corrected chi connectivity index (χ1v) is 15.5. The van der Waals surface area contributed by atoms with Crippen molar-refractivity contribution in [3.05, 3.63) is 101 Å². The topological polar surface area (TPSA) is 20.2 Å². The van der Waals surface area contributed by atoms with E-state index in [1.807, 2.05) is 17.8 Å². The van der Waals surface area contributed by atoms with Gasteiger partial charge >= 0.3 is 0 Å². The monoisotopic (exact) mass is 573 g/mol. The zero-order chi connectivity index (χ0) is 27.4. The van der Waals surface area contributed by atoms with Crippen LogP contribution in [0, 0.1) is 0 Å². The Morgan fingerprint density at radius 2 is 1.77 bits per heavy atom.